The zero-order valence-electron chi connectivity index (χ0n) is 9.62. The fourth-order valence-corrected chi connectivity index (χ4v) is 3.48. The monoisotopic (exact) mass is 300 g/mol. The van der Waals surface area contributed by atoms with E-state index in [1.54, 1.807) is 0 Å². The van der Waals surface area contributed by atoms with Gasteiger partial charge in [0.25, 0.3) is 0 Å². The van der Waals surface area contributed by atoms with Crippen molar-refractivity contribution in [3.05, 3.63) is 0 Å². The first-order valence-electron chi connectivity index (χ1n) is 5.47. The quantitative estimate of drug-likeness (QED) is 0.589. The Bertz CT molecular complexity index is 347. The maximum Gasteiger partial charge on any atom is 0.328 e. The molecule has 0 aromatic heterocycles. The van der Waals surface area contributed by atoms with Crippen molar-refractivity contribution in [2.45, 2.75) is 29.4 Å². The lowest BCUT2D eigenvalue weighted by Gasteiger charge is -2.31. The van der Waals surface area contributed by atoms with Gasteiger partial charge in [-0.25, -0.2) is 9.69 Å². The summed E-state index contributed by atoms with van der Waals surface area (Å²) in [6, 6.07) is 0. The Hall–Kier alpha value is 0.260. The van der Waals surface area contributed by atoms with Crippen LogP contribution < -0.4 is 5.73 Å². The van der Waals surface area contributed by atoms with E-state index in [9.17, 15) is 4.79 Å². The van der Waals surface area contributed by atoms with Crippen molar-refractivity contribution in [1.82, 2.24) is 4.90 Å². The average molecular weight is 302 g/mol. The van der Waals surface area contributed by atoms with Crippen LogP contribution in [0.25, 0.3) is 0 Å². The second-order valence-corrected chi connectivity index (χ2v) is 7.29. The van der Waals surface area contributed by atoms with Crippen LogP contribution in [0, 0.1) is 11.8 Å². The number of carbonyl (C=O) groups excluding carboxylic acids is 1. The van der Waals surface area contributed by atoms with Crippen molar-refractivity contribution >= 4 is 40.8 Å². The molecule has 0 saturated carbocycles. The van der Waals surface area contributed by atoms with Crippen molar-refractivity contribution in [2.75, 3.05) is 13.1 Å². The van der Waals surface area contributed by atoms with Gasteiger partial charge < -0.3 is 10.5 Å². The van der Waals surface area contributed by atoms with Crippen molar-refractivity contribution in [3.63, 3.8) is 0 Å². The van der Waals surface area contributed by atoms with E-state index in [1.165, 1.54) is 0 Å². The Balaban J connectivity index is 2.38. The molecule has 0 bridgehead atoms. The molecule has 2 aliphatic rings. The SMILES string of the molecule is CC1CN2[C@@H](C(Cl)(Cl)Cl)OC(=O)[C@@]2(C)C1CN. The van der Waals surface area contributed by atoms with E-state index in [0.717, 1.165) is 0 Å². The highest BCUT2D eigenvalue weighted by Gasteiger charge is 2.65. The predicted octanol–water partition coefficient (Wildman–Crippen LogP) is 1.52. The first kappa shape index (κ1) is 13.7. The zero-order valence-corrected chi connectivity index (χ0v) is 11.9. The Labute approximate surface area is 115 Å². The van der Waals surface area contributed by atoms with Crippen LogP contribution in [0.5, 0.6) is 0 Å². The molecule has 2 rings (SSSR count). The summed E-state index contributed by atoms with van der Waals surface area (Å²) in [6.07, 6.45) is -0.830. The van der Waals surface area contributed by atoms with Crippen LogP contribution in [0.2, 0.25) is 0 Å². The van der Waals surface area contributed by atoms with Gasteiger partial charge in [-0.3, -0.25) is 0 Å². The summed E-state index contributed by atoms with van der Waals surface area (Å²) in [7, 11) is 0. The second-order valence-electron chi connectivity index (χ2n) is 4.92. The van der Waals surface area contributed by atoms with Gasteiger partial charge in [0.2, 0.25) is 10.0 Å². The van der Waals surface area contributed by atoms with Crippen molar-refractivity contribution < 1.29 is 9.53 Å². The minimum atomic E-state index is -1.64. The fraction of sp³-hybridized carbons (Fsp3) is 0.900. The van der Waals surface area contributed by atoms with Gasteiger partial charge in [0, 0.05) is 12.5 Å². The molecule has 0 amide bonds. The highest BCUT2D eigenvalue weighted by molar-refractivity contribution is 6.68. The maximum atomic E-state index is 12.1. The number of fused-ring (bicyclic) bond motifs is 1. The molecule has 0 aliphatic carbocycles. The van der Waals surface area contributed by atoms with E-state index in [2.05, 4.69) is 0 Å². The minimum Gasteiger partial charge on any atom is -0.440 e. The average Bonchev–Trinajstić information content (AvgIpc) is 2.58. The summed E-state index contributed by atoms with van der Waals surface area (Å²) in [4.78, 5) is 13.9. The number of cyclic esters (lactones) is 1. The molecular weight excluding hydrogens is 286 g/mol. The Kier molecular flexibility index (Phi) is 3.33. The summed E-state index contributed by atoms with van der Waals surface area (Å²) in [5.74, 6) is -0.0614. The molecule has 4 atom stereocenters. The third-order valence-corrected chi connectivity index (χ3v) is 4.50. The largest absolute Gasteiger partial charge is 0.440 e. The van der Waals surface area contributed by atoms with Crippen LogP contribution in [-0.4, -0.2) is 39.5 Å². The third kappa shape index (κ3) is 1.85. The molecule has 0 radical (unpaired) electrons. The molecule has 7 heteroatoms. The molecule has 2 unspecified atom stereocenters. The highest BCUT2D eigenvalue weighted by Crippen LogP contribution is 2.50. The van der Waals surface area contributed by atoms with Gasteiger partial charge in [0.1, 0.15) is 5.54 Å². The van der Waals surface area contributed by atoms with Gasteiger partial charge in [-0.05, 0) is 19.4 Å². The van der Waals surface area contributed by atoms with Crippen LogP contribution in [0.1, 0.15) is 13.8 Å². The highest BCUT2D eigenvalue weighted by atomic mass is 35.6. The zero-order chi connectivity index (χ0) is 13.0. The number of carbonyl (C=O) groups is 1. The van der Waals surface area contributed by atoms with Gasteiger partial charge in [0.15, 0.2) is 0 Å². The van der Waals surface area contributed by atoms with Crippen LogP contribution in [0.4, 0.5) is 0 Å². The molecule has 2 aliphatic heterocycles. The second kappa shape index (κ2) is 4.14. The topological polar surface area (TPSA) is 55.6 Å². The molecule has 2 heterocycles. The lowest BCUT2D eigenvalue weighted by molar-refractivity contribution is -0.146. The summed E-state index contributed by atoms with van der Waals surface area (Å²) < 4.78 is 3.57. The maximum absolute atomic E-state index is 12.1. The third-order valence-electron chi connectivity index (χ3n) is 3.94. The smallest absolute Gasteiger partial charge is 0.328 e. The molecule has 17 heavy (non-hydrogen) atoms. The summed E-state index contributed by atoms with van der Waals surface area (Å²) >= 11 is 17.6. The lowest BCUT2D eigenvalue weighted by Crippen LogP contribution is -2.51. The molecule has 0 aromatic rings. The molecule has 4 nitrogen and oxygen atoms in total. The first-order chi connectivity index (χ1) is 7.72. The number of nitrogens with two attached hydrogens (primary N) is 1. The number of halogens is 3. The number of ether oxygens (including phenoxy) is 1. The molecule has 2 fully saturated rings. The molecular formula is C10H15Cl3N2O2. The molecule has 2 saturated heterocycles. The summed E-state index contributed by atoms with van der Waals surface area (Å²) in [5.41, 5.74) is 4.97. The number of rotatable bonds is 1. The van der Waals surface area contributed by atoms with Crippen molar-refractivity contribution in [3.8, 4) is 0 Å². The summed E-state index contributed by atoms with van der Waals surface area (Å²) in [5, 5.41) is 0. The minimum absolute atomic E-state index is 0.0207. The van der Waals surface area contributed by atoms with E-state index in [1.807, 2.05) is 18.7 Å². The van der Waals surface area contributed by atoms with E-state index >= 15 is 0 Å². The molecule has 0 aromatic carbocycles. The van der Waals surface area contributed by atoms with Gasteiger partial charge in [-0.2, -0.15) is 0 Å². The van der Waals surface area contributed by atoms with Crippen LogP contribution in [0.3, 0.4) is 0 Å². The Morgan fingerprint density at radius 2 is 2.18 bits per heavy atom. The summed E-state index contributed by atoms with van der Waals surface area (Å²) in [6.45, 7) is 4.91. The van der Waals surface area contributed by atoms with Gasteiger partial charge >= 0.3 is 5.97 Å². The number of nitrogens with zero attached hydrogens (tertiary/aromatic N) is 1. The first-order valence-corrected chi connectivity index (χ1v) is 6.61. The number of alkyl halides is 3. The normalized spacial score (nSPS) is 42.7. The number of hydrogen-bond donors (Lipinski definition) is 1. The van der Waals surface area contributed by atoms with Gasteiger partial charge in [0.05, 0.1) is 0 Å². The Morgan fingerprint density at radius 1 is 1.59 bits per heavy atom. The van der Waals surface area contributed by atoms with Crippen LogP contribution in [-0.2, 0) is 9.53 Å². The molecule has 98 valence electrons. The van der Waals surface area contributed by atoms with Gasteiger partial charge in [-0.15, -0.1) is 0 Å². The van der Waals surface area contributed by atoms with E-state index in [0.29, 0.717) is 13.1 Å². The molecule has 0 spiro atoms. The van der Waals surface area contributed by atoms with E-state index < -0.39 is 15.6 Å². The van der Waals surface area contributed by atoms with E-state index in [4.69, 9.17) is 45.3 Å². The van der Waals surface area contributed by atoms with Crippen molar-refractivity contribution in [1.29, 1.82) is 0 Å². The Morgan fingerprint density at radius 3 is 2.65 bits per heavy atom. The fourth-order valence-electron chi connectivity index (χ4n) is 2.99. The lowest BCUT2D eigenvalue weighted by atomic mass is 9.82. The van der Waals surface area contributed by atoms with Gasteiger partial charge in [-0.1, -0.05) is 41.7 Å². The van der Waals surface area contributed by atoms with Crippen molar-refractivity contribution in [2.24, 2.45) is 17.6 Å². The van der Waals surface area contributed by atoms with Crippen LogP contribution in [0.15, 0.2) is 0 Å². The standard InChI is InChI=1S/C10H15Cl3N2O2/c1-5-4-15-7(10(11,12)13)17-8(16)9(15,2)6(5)3-14/h5-7H,3-4,14H2,1-2H3/t5?,6?,7-,9-/m1/s1. The molecule has 2 N–H and O–H groups in total. The van der Waals surface area contributed by atoms with E-state index in [-0.39, 0.29) is 17.8 Å². The number of hydrogen-bond acceptors (Lipinski definition) is 4. The van der Waals surface area contributed by atoms with Crippen LogP contribution >= 0.6 is 34.8 Å². The number of esters is 1. The predicted molar refractivity (Wildman–Crippen MR) is 67.0 cm³/mol.